The van der Waals surface area contributed by atoms with E-state index < -0.39 is 0 Å². The van der Waals surface area contributed by atoms with E-state index in [-0.39, 0.29) is 5.82 Å². The molecule has 0 amide bonds. The molecule has 0 spiro atoms. The lowest BCUT2D eigenvalue weighted by Gasteiger charge is -2.31. The maximum atomic E-state index is 17.5. The lowest BCUT2D eigenvalue weighted by molar-refractivity contribution is 0.630. The number of hydrogen-bond donors (Lipinski definition) is 0. The van der Waals surface area contributed by atoms with Gasteiger partial charge in [-0.2, -0.15) is 0 Å². The number of para-hydroxylation sites is 3. The Balaban J connectivity index is 1.26. The Kier molecular flexibility index (Phi) is 7.52. The summed E-state index contributed by atoms with van der Waals surface area (Å²) in [6, 6.07) is 65.3. The molecule has 1 heterocycles. The Morgan fingerprint density at radius 2 is 1.04 bits per heavy atom. The van der Waals surface area contributed by atoms with E-state index in [2.05, 4.69) is 139 Å². The van der Waals surface area contributed by atoms with Crippen LogP contribution in [0.25, 0.3) is 82.1 Å². The van der Waals surface area contributed by atoms with Gasteiger partial charge < -0.3 is 9.47 Å². The van der Waals surface area contributed by atoms with E-state index >= 15 is 4.39 Å². The number of aryl methyl sites for hydroxylation is 2. The molecule has 11 rings (SSSR count). The first-order chi connectivity index (χ1) is 28.1. The quantitative estimate of drug-likeness (QED) is 0.155. The Labute approximate surface area is 330 Å². The normalized spacial score (nSPS) is 11.8. The third-order valence-corrected chi connectivity index (χ3v) is 11.9. The van der Waals surface area contributed by atoms with Crippen LogP contribution in [0.2, 0.25) is 0 Å². The molecule has 0 fully saturated rings. The number of rotatable bonds is 6. The first-order valence-corrected chi connectivity index (χ1v) is 19.6. The summed E-state index contributed by atoms with van der Waals surface area (Å²) in [5, 5.41) is 9.65. The number of benzene rings is 10. The minimum atomic E-state index is -0.284. The number of halogens is 1. The molecule has 0 aliphatic heterocycles. The van der Waals surface area contributed by atoms with Crippen LogP contribution in [0.1, 0.15) is 11.1 Å². The Morgan fingerprint density at radius 1 is 0.456 bits per heavy atom. The van der Waals surface area contributed by atoms with Crippen LogP contribution >= 0.6 is 0 Å². The maximum absolute atomic E-state index is 17.5. The molecule has 1 aromatic heterocycles. The summed E-state index contributed by atoms with van der Waals surface area (Å²) in [7, 11) is 0. The van der Waals surface area contributed by atoms with E-state index in [1.165, 1.54) is 54.3 Å². The molecule has 0 atom stereocenters. The van der Waals surface area contributed by atoms with Crippen molar-refractivity contribution in [2.75, 3.05) is 4.90 Å². The van der Waals surface area contributed by atoms with Crippen molar-refractivity contribution in [3.63, 3.8) is 0 Å². The second kappa shape index (κ2) is 12.9. The molecular formula is C54H37FN2. The van der Waals surface area contributed by atoms with Crippen molar-refractivity contribution in [3.05, 3.63) is 205 Å². The summed E-state index contributed by atoms with van der Waals surface area (Å²) in [4.78, 5) is 2.15. The van der Waals surface area contributed by atoms with Gasteiger partial charge in [0.15, 0.2) is 0 Å². The van der Waals surface area contributed by atoms with Gasteiger partial charge >= 0.3 is 0 Å². The van der Waals surface area contributed by atoms with Crippen LogP contribution in [0.4, 0.5) is 21.5 Å². The predicted molar refractivity (Wildman–Crippen MR) is 239 cm³/mol. The number of nitrogens with zero attached hydrogens (tertiary/aromatic N) is 2. The van der Waals surface area contributed by atoms with Gasteiger partial charge in [-0.3, -0.25) is 0 Å². The SMILES string of the molecule is Cc1cc(N(c2ccccc2)c2c(F)cc(-c3ccccc3)cc2-c2ccccc2)c2ccc3c(C)c4c(c5ccc1c2c35)c1ccccc1n4-c1ccccc1. The van der Waals surface area contributed by atoms with E-state index in [4.69, 9.17) is 0 Å². The molecule has 0 aliphatic rings. The van der Waals surface area contributed by atoms with Gasteiger partial charge in [0.1, 0.15) is 5.82 Å². The Hall–Kier alpha value is -7.23. The minimum Gasteiger partial charge on any atom is -0.309 e. The number of hydrogen-bond acceptors (Lipinski definition) is 1. The Bertz CT molecular complexity index is 3300. The summed E-state index contributed by atoms with van der Waals surface area (Å²) in [6.45, 7) is 4.46. The maximum Gasteiger partial charge on any atom is 0.148 e. The van der Waals surface area contributed by atoms with E-state index in [1.807, 2.05) is 66.7 Å². The molecule has 57 heavy (non-hydrogen) atoms. The molecule has 0 N–H and O–H groups in total. The summed E-state index contributed by atoms with van der Waals surface area (Å²) >= 11 is 0. The van der Waals surface area contributed by atoms with Crippen molar-refractivity contribution in [2.24, 2.45) is 0 Å². The first kappa shape index (κ1) is 33.1. The fourth-order valence-corrected chi connectivity index (χ4v) is 9.37. The molecule has 0 unspecified atom stereocenters. The van der Waals surface area contributed by atoms with Crippen LogP contribution in [-0.4, -0.2) is 4.57 Å². The molecule has 0 radical (unpaired) electrons. The van der Waals surface area contributed by atoms with Gasteiger partial charge in [0, 0.05) is 33.1 Å². The smallest absolute Gasteiger partial charge is 0.148 e. The van der Waals surface area contributed by atoms with Crippen LogP contribution in [-0.2, 0) is 0 Å². The summed E-state index contributed by atoms with van der Waals surface area (Å²) < 4.78 is 19.9. The highest BCUT2D eigenvalue weighted by atomic mass is 19.1. The molecule has 0 saturated carbocycles. The highest BCUT2D eigenvalue weighted by Gasteiger charge is 2.27. The van der Waals surface area contributed by atoms with Crippen molar-refractivity contribution in [1.29, 1.82) is 0 Å². The van der Waals surface area contributed by atoms with E-state index in [1.54, 1.807) is 6.07 Å². The molecule has 0 bridgehead atoms. The fourth-order valence-electron chi connectivity index (χ4n) is 9.37. The van der Waals surface area contributed by atoms with Crippen LogP contribution in [0.5, 0.6) is 0 Å². The molecule has 11 aromatic rings. The van der Waals surface area contributed by atoms with Gasteiger partial charge in [0.05, 0.1) is 22.4 Å². The van der Waals surface area contributed by atoms with Gasteiger partial charge in [0.25, 0.3) is 0 Å². The molecular weight excluding hydrogens is 696 g/mol. The van der Waals surface area contributed by atoms with E-state index in [0.717, 1.165) is 50.3 Å². The van der Waals surface area contributed by atoms with E-state index in [0.29, 0.717) is 5.69 Å². The third-order valence-electron chi connectivity index (χ3n) is 11.9. The highest BCUT2D eigenvalue weighted by molar-refractivity contribution is 6.35. The zero-order chi connectivity index (χ0) is 38.2. The van der Waals surface area contributed by atoms with Gasteiger partial charge in [-0.1, -0.05) is 140 Å². The lowest BCUT2D eigenvalue weighted by Crippen LogP contribution is -2.14. The fraction of sp³-hybridized carbons (Fsp3) is 0.0370. The molecule has 270 valence electrons. The average molecular weight is 733 g/mol. The van der Waals surface area contributed by atoms with Crippen LogP contribution < -0.4 is 4.90 Å². The largest absolute Gasteiger partial charge is 0.309 e. The summed E-state index contributed by atoms with van der Waals surface area (Å²) in [6.07, 6.45) is 0. The van der Waals surface area contributed by atoms with Gasteiger partial charge in [-0.05, 0) is 117 Å². The highest BCUT2D eigenvalue weighted by Crippen LogP contribution is 2.51. The van der Waals surface area contributed by atoms with Crippen molar-refractivity contribution < 1.29 is 4.39 Å². The van der Waals surface area contributed by atoms with Gasteiger partial charge in [-0.25, -0.2) is 4.39 Å². The monoisotopic (exact) mass is 732 g/mol. The van der Waals surface area contributed by atoms with E-state index in [9.17, 15) is 0 Å². The number of fused-ring (bicyclic) bond motifs is 4. The second-order valence-electron chi connectivity index (χ2n) is 15.1. The second-order valence-corrected chi connectivity index (χ2v) is 15.1. The van der Waals surface area contributed by atoms with Gasteiger partial charge in [0.2, 0.25) is 0 Å². The average Bonchev–Trinajstić information content (AvgIpc) is 3.62. The van der Waals surface area contributed by atoms with Crippen molar-refractivity contribution in [2.45, 2.75) is 13.8 Å². The summed E-state index contributed by atoms with van der Waals surface area (Å²) in [5.74, 6) is -0.284. The first-order valence-electron chi connectivity index (χ1n) is 19.6. The van der Waals surface area contributed by atoms with Crippen LogP contribution in [0.15, 0.2) is 188 Å². The molecule has 3 heteroatoms. The minimum absolute atomic E-state index is 0.284. The molecule has 0 aliphatic carbocycles. The Morgan fingerprint density at radius 3 is 1.77 bits per heavy atom. The van der Waals surface area contributed by atoms with Crippen LogP contribution in [0.3, 0.4) is 0 Å². The molecule has 10 aromatic carbocycles. The zero-order valence-corrected chi connectivity index (χ0v) is 31.7. The predicted octanol–water partition coefficient (Wildman–Crippen LogP) is 15.2. The zero-order valence-electron chi connectivity index (χ0n) is 31.7. The topological polar surface area (TPSA) is 8.17 Å². The molecule has 0 saturated heterocycles. The lowest BCUT2D eigenvalue weighted by atomic mass is 9.87. The van der Waals surface area contributed by atoms with Crippen molar-refractivity contribution in [1.82, 2.24) is 4.57 Å². The molecule has 2 nitrogen and oxygen atoms in total. The standard InChI is InChI=1S/C54H37FN2/c1-34-31-49(57(40-23-13-6-14-24-40)54-46(37-19-9-4-10-20-37)32-38(33-47(54)55)36-17-7-3-8-18-36)44-29-28-42-35(2)53-52(45-30-27-41(34)50(44)51(42)45)43-25-15-16-26-48(43)56(53)39-21-11-5-12-22-39/h3-33H,1-2H3. The van der Waals surface area contributed by atoms with Gasteiger partial charge in [-0.15, -0.1) is 0 Å². The number of aromatic nitrogens is 1. The number of anilines is 3. The van der Waals surface area contributed by atoms with Crippen molar-refractivity contribution in [3.8, 4) is 27.9 Å². The van der Waals surface area contributed by atoms with Crippen molar-refractivity contribution >= 4 is 71.2 Å². The third kappa shape index (κ3) is 5.02. The summed E-state index contributed by atoms with van der Waals surface area (Å²) in [5.41, 5.74) is 11.9. The van der Waals surface area contributed by atoms with Crippen LogP contribution in [0, 0.1) is 19.7 Å².